The van der Waals surface area contributed by atoms with E-state index in [1.807, 2.05) is 6.07 Å². The third-order valence-electron chi connectivity index (χ3n) is 1.76. The second-order valence-electron chi connectivity index (χ2n) is 3.00. The van der Waals surface area contributed by atoms with Crippen molar-refractivity contribution in [1.82, 2.24) is 0 Å². The molecule has 0 saturated carbocycles. The highest BCUT2D eigenvalue weighted by atomic mass is 32.1. The Bertz CT molecular complexity index is 400. The lowest BCUT2D eigenvalue weighted by Crippen LogP contribution is -2.17. The lowest BCUT2D eigenvalue weighted by atomic mass is 10.1. The van der Waals surface area contributed by atoms with E-state index in [2.05, 4.69) is 17.4 Å². The highest BCUT2D eigenvalue weighted by molar-refractivity contribution is 7.80. The summed E-state index contributed by atoms with van der Waals surface area (Å²) in [5.41, 5.74) is 0.520. The molecule has 0 bridgehead atoms. The fourth-order valence-corrected chi connectivity index (χ4v) is 1.37. The number of halogens is 3. The lowest BCUT2D eigenvalue weighted by molar-refractivity contribution is -0.274. The molecule has 0 amide bonds. The van der Waals surface area contributed by atoms with E-state index in [1.54, 1.807) is 6.07 Å². The zero-order chi connectivity index (χ0) is 12.2. The van der Waals surface area contributed by atoms with Gasteiger partial charge in [-0.15, -0.1) is 13.2 Å². The number of ether oxygens (including phenoxy) is 1. The van der Waals surface area contributed by atoms with Crippen LogP contribution in [0.15, 0.2) is 24.3 Å². The molecule has 16 heavy (non-hydrogen) atoms. The number of nitrogens with zero attached hydrogens (tertiary/aromatic N) is 1. The van der Waals surface area contributed by atoms with Crippen LogP contribution in [0.2, 0.25) is 0 Å². The van der Waals surface area contributed by atoms with Gasteiger partial charge in [0.25, 0.3) is 0 Å². The van der Waals surface area contributed by atoms with Crippen molar-refractivity contribution < 1.29 is 17.9 Å². The monoisotopic (exact) mass is 247 g/mol. The number of alkyl halides is 3. The van der Waals surface area contributed by atoms with Crippen LogP contribution in [0, 0.1) is 11.3 Å². The largest absolute Gasteiger partial charge is 0.573 e. The first-order valence-electron chi connectivity index (χ1n) is 4.33. The Balaban J connectivity index is 2.83. The molecule has 1 rings (SSSR count). The first-order chi connectivity index (χ1) is 7.42. The number of benzene rings is 1. The molecule has 0 aromatic heterocycles. The summed E-state index contributed by atoms with van der Waals surface area (Å²) in [5.74, 6) is -0.304. The number of hydrogen-bond donors (Lipinski definition) is 1. The van der Waals surface area contributed by atoms with Gasteiger partial charge in [-0.05, 0) is 17.7 Å². The van der Waals surface area contributed by atoms with E-state index >= 15 is 0 Å². The molecule has 0 aliphatic rings. The molecule has 0 fully saturated rings. The molecule has 0 spiro atoms. The smallest absolute Gasteiger partial charge is 0.406 e. The second kappa shape index (κ2) is 5.12. The summed E-state index contributed by atoms with van der Waals surface area (Å²) in [6.45, 7) is 0. The van der Waals surface area contributed by atoms with Gasteiger partial charge in [0.15, 0.2) is 0 Å². The van der Waals surface area contributed by atoms with E-state index in [0.29, 0.717) is 5.56 Å². The summed E-state index contributed by atoms with van der Waals surface area (Å²) in [6, 6.07) is 7.34. The lowest BCUT2D eigenvalue weighted by Gasteiger charge is -2.11. The van der Waals surface area contributed by atoms with Gasteiger partial charge in [-0.3, -0.25) is 0 Å². The van der Waals surface area contributed by atoms with Gasteiger partial charge in [-0.25, -0.2) is 0 Å². The minimum atomic E-state index is -4.71. The Kier molecular flexibility index (Phi) is 4.07. The van der Waals surface area contributed by atoms with Crippen molar-refractivity contribution in [3.05, 3.63) is 29.8 Å². The van der Waals surface area contributed by atoms with Crippen LogP contribution in [0.1, 0.15) is 17.2 Å². The first-order valence-corrected chi connectivity index (χ1v) is 4.85. The van der Waals surface area contributed by atoms with E-state index in [1.165, 1.54) is 18.2 Å². The van der Waals surface area contributed by atoms with Gasteiger partial charge >= 0.3 is 6.36 Å². The molecule has 0 N–H and O–H groups in total. The molecule has 0 heterocycles. The molecular weight excluding hydrogens is 239 g/mol. The van der Waals surface area contributed by atoms with Crippen molar-refractivity contribution >= 4 is 12.6 Å². The standard InChI is InChI=1S/C10H8F3NOS/c11-10(12,13)15-8-3-1-2-7(6-8)9(16)4-5-14/h1-3,6,9,16H,4H2/t9-/m1/s1. The molecule has 1 atom stereocenters. The summed E-state index contributed by atoms with van der Waals surface area (Å²) in [6.07, 6.45) is -4.58. The van der Waals surface area contributed by atoms with Crippen molar-refractivity contribution in [1.29, 1.82) is 5.26 Å². The van der Waals surface area contributed by atoms with Gasteiger partial charge in [0.05, 0.1) is 12.5 Å². The van der Waals surface area contributed by atoms with Gasteiger partial charge in [0.2, 0.25) is 0 Å². The van der Waals surface area contributed by atoms with Crippen molar-refractivity contribution in [3.63, 3.8) is 0 Å². The van der Waals surface area contributed by atoms with Gasteiger partial charge < -0.3 is 4.74 Å². The van der Waals surface area contributed by atoms with Crippen LogP contribution in [0.3, 0.4) is 0 Å². The highest BCUT2D eigenvalue weighted by Crippen LogP contribution is 2.29. The van der Waals surface area contributed by atoms with Crippen LogP contribution < -0.4 is 4.74 Å². The first kappa shape index (κ1) is 12.7. The van der Waals surface area contributed by atoms with Crippen molar-refractivity contribution in [2.24, 2.45) is 0 Å². The molecule has 0 radical (unpaired) electrons. The summed E-state index contributed by atoms with van der Waals surface area (Å²) in [7, 11) is 0. The van der Waals surface area contributed by atoms with E-state index < -0.39 is 11.6 Å². The van der Waals surface area contributed by atoms with Crippen LogP contribution in [0.4, 0.5) is 13.2 Å². The Morgan fingerprint density at radius 1 is 1.44 bits per heavy atom. The number of thiol groups is 1. The van der Waals surface area contributed by atoms with Gasteiger partial charge in [0.1, 0.15) is 5.75 Å². The zero-order valence-electron chi connectivity index (χ0n) is 8.03. The molecule has 0 unspecified atom stereocenters. The molecular formula is C10H8F3NOS. The Labute approximate surface area is 96.0 Å². The Morgan fingerprint density at radius 2 is 2.12 bits per heavy atom. The van der Waals surface area contributed by atoms with Crippen molar-refractivity contribution in [2.45, 2.75) is 18.0 Å². The molecule has 1 aromatic carbocycles. The summed E-state index contributed by atoms with van der Waals surface area (Å²) in [5, 5.41) is 8.03. The molecule has 0 aliphatic carbocycles. The van der Waals surface area contributed by atoms with Crippen LogP contribution in [-0.2, 0) is 0 Å². The molecule has 1 aromatic rings. The second-order valence-corrected chi connectivity index (χ2v) is 3.62. The minimum absolute atomic E-state index is 0.124. The van der Waals surface area contributed by atoms with Crippen molar-refractivity contribution in [3.8, 4) is 11.8 Å². The topological polar surface area (TPSA) is 33.0 Å². The van der Waals surface area contributed by atoms with Gasteiger partial charge in [-0.2, -0.15) is 17.9 Å². The average Bonchev–Trinajstić information content (AvgIpc) is 2.16. The maximum absolute atomic E-state index is 11.9. The third kappa shape index (κ3) is 4.03. The normalized spacial score (nSPS) is 12.9. The van der Waals surface area contributed by atoms with E-state index in [0.717, 1.165) is 0 Å². The number of rotatable bonds is 3. The molecule has 86 valence electrons. The van der Waals surface area contributed by atoms with Crippen LogP contribution in [0.25, 0.3) is 0 Å². The Hall–Kier alpha value is -1.35. The van der Waals surface area contributed by atoms with Gasteiger partial charge in [0, 0.05) is 5.25 Å². The summed E-state index contributed by atoms with van der Waals surface area (Å²) in [4.78, 5) is 0. The fourth-order valence-electron chi connectivity index (χ4n) is 1.12. The average molecular weight is 247 g/mol. The predicted octanol–water partition coefficient (Wildman–Crippen LogP) is 3.47. The molecule has 2 nitrogen and oxygen atoms in total. The van der Waals surface area contributed by atoms with Crippen LogP contribution >= 0.6 is 12.6 Å². The highest BCUT2D eigenvalue weighted by Gasteiger charge is 2.31. The molecule has 0 aliphatic heterocycles. The maximum Gasteiger partial charge on any atom is 0.573 e. The maximum atomic E-state index is 11.9. The zero-order valence-corrected chi connectivity index (χ0v) is 8.92. The number of nitriles is 1. The quantitative estimate of drug-likeness (QED) is 0.829. The van der Waals surface area contributed by atoms with E-state index in [-0.39, 0.29) is 12.2 Å². The summed E-state index contributed by atoms with van der Waals surface area (Å²) < 4.78 is 39.5. The third-order valence-corrected chi connectivity index (χ3v) is 2.24. The van der Waals surface area contributed by atoms with Crippen molar-refractivity contribution in [2.75, 3.05) is 0 Å². The summed E-state index contributed by atoms with van der Waals surface area (Å²) >= 11 is 4.10. The fraction of sp³-hybridized carbons (Fsp3) is 0.300. The number of hydrogen-bond acceptors (Lipinski definition) is 3. The molecule has 0 saturated heterocycles. The SMILES string of the molecule is N#CC[C@@H](S)c1cccc(OC(F)(F)F)c1. The van der Waals surface area contributed by atoms with E-state index in [9.17, 15) is 13.2 Å². The molecule has 6 heteroatoms. The minimum Gasteiger partial charge on any atom is -0.406 e. The van der Waals surface area contributed by atoms with Crippen LogP contribution in [-0.4, -0.2) is 6.36 Å². The Morgan fingerprint density at radius 3 is 2.69 bits per heavy atom. The van der Waals surface area contributed by atoms with E-state index in [4.69, 9.17) is 5.26 Å². The van der Waals surface area contributed by atoms with Gasteiger partial charge in [-0.1, -0.05) is 12.1 Å². The predicted molar refractivity (Wildman–Crippen MR) is 55.1 cm³/mol. The van der Waals surface area contributed by atoms with Crippen LogP contribution in [0.5, 0.6) is 5.75 Å².